The van der Waals surface area contributed by atoms with Gasteiger partial charge in [0.1, 0.15) is 18.5 Å². The molecular formula is C14H13Cl2NO2. The fourth-order valence-electron chi connectivity index (χ4n) is 1.69. The molecule has 0 aliphatic rings. The standard InChI is InChI=1S/C14H13Cl2NO2/c15-9-5-10(16)7-11(6-9)19-8-14(18)12-3-1-2-4-13(12)17/h1-7,14,18H,8,17H2. The molecule has 0 radical (unpaired) electrons. The van der Waals surface area contributed by atoms with E-state index in [0.717, 1.165) is 0 Å². The molecule has 0 bridgehead atoms. The normalized spacial score (nSPS) is 12.2. The van der Waals surface area contributed by atoms with Crippen molar-refractivity contribution in [3.05, 3.63) is 58.1 Å². The summed E-state index contributed by atoms with van der Waals surface area (Å²) in [6, 6.07) is 12.0. The molecule has 0 heterocycles. The molecule has 0 spiro atoms. The first-order valence-corrected chi connectivity index (χ1v) is 6.43. The molecule has 0 aliphatic carbocycles. The van der Waals surface area contributed by atoms with Gasteiger partial charge < -0.3 is 15.6 Å². The number of nitrogens with two attached hydrogens (primary N) is 1. The molecule has 3 nitrogen and oxygen atoms in total. The third kappa shape index (κ3) is 3.77. The van der Waals surface area contributed by atoms with Crippen molar-refractivity contribution in [2.45, 2.75) is 6.10 Å². The van der Waals surface area contributed by atoms with Crippen LogP contribution in [0.4, 0.5) is 5.69 Å². The summed E-state index contributed by atoms with van der Waals surface area (Å²) in [7, 11) is 0. The van der Waals surface area contributed by atoms with E-state index in [0.29, 0.717) is 27.0 Å². The molecule has 0 aliphatic heterocycles. The summed E-state index contributed by atoms with van der Waals surface area (Å²) in [5.41, 5.74) is 6.95. The summed E-state index contributed by atoms with van der Waals surface area (Å²) in [6.07, 6.45) is -0.807. The topological polar surface area (TPSA) is 55.5 Å². The highest BCUT2D eigenvalue weighted by molar-refractivity contribution is 6.34. The van der Waals surface area contributed by atoms with Crippen molar-refractivity contribution in [3.63, 3.8) is 0 Å². The number of anilines is 1. The van der Waals surface area contributed by atoms with Crippen LogP contribution in [0.5, 0.6) is 5.75 Å². The van der Waals surface area contributed by atoms with Crippen molar-refractivity contribution >= 4 is 28.9 Å². The van der Waals surface area contributed by atoms with Crippen molar-refractivity contribution in [1.29, 1.82) is 0 Å². The molecule has 0 saturated heterocycles. The second kappa shape index (κ2) is 6.15. The first kappa shape index (κ1) is 14.0. The van der Waals surface area contributed by atoms with Gasteiger partial charge in [-0.2, -0.15) is 0 Å². The van der Waals surface area contributed by atoms with E-state index in [1.807, 2.05) is 12.1 Å². The first-order chi connectivity index (χ1) is 9.06. The Balaban J connectivity index is 2.04. The van der Waals surface area contributed by atoms with Gasteiger partial charge in [0.05, 0.1) is 0 Å². The van der Waals surface area contributed by atoms with Crippen molar-refractivity contribution in [1.82, 2.24) is 0 Å². The predicted octanol–water partition coefficient (Wildman–Crippen LogP) is 3.69. The van der Waals surface area contributed by atoms with Crippen LogP contribution in [0.15, 0.2) is 42.5 Å². The van der Waals surface area contributed by atoms with Crippen LogP contribution in [0, 0.1) is 0 Å². The quantitative estimate of drug-likeness (QED) is 0.846. The third-order valence-electron chi connectivity index (χ3n) is 2.60. The van der Waals surface area contributed by atoms with E-state index in [-0.39, 0.29) is 6.61 Å². The smallest absolute Gasteiger partial charge is 0.122 e. The molecule has 0 amide bonds. The van der Waals surface area contributed by atoms with E-state index in [1.54, 1.807) is 30.3 Å². The van der Waals surface area contributed by atoms with Crippen LogP contribution in [0.25, 0.3) is 0 Å². The van der Waals surface area contributed by atoms with Gasteiger partial charge in [-0.3, -0.25) is 0 Å². The maximum atomic E-state index is 10.0. The van der Waals surface area contributed by atoms with Crippen molar-refractivity contribution in [3.8, 4) is 5.75 Å². The molecule has 0 saturated carbocycles. The number of aliphatic hydroxyl groups excluding tert-OH is 1. The number of hydrogen-bond acceptors (Lipinski definition) is 3. The number of halogens is 2. The van der Waals surface area contributed by atoms with E-state index in [1.165, 1.54) is 0 Å². The highest BCUT2D eigenvalue weighted by Gasteiger charge is 2.11. The van der Waals surface area contributed by atoms with Crippen molar-refractivity contribution in [2.24, 2.45) is 0 Å². The van der Waals surface area contributed by atoms with E-state index >= 15 is 0 Å². The minimum absolute atomic E-state index is 0.0743. The molecule has 2 rings (SSSR count). The molecule has 1 atom stereocenters. The largest absolute Gasteiger partial charge is 0.490 e. The summed E-state index contributed by atoms with van der Waals surface area (Å²) < 4.78 is 5.46. The van der Waals surface area contributed by atoms with E-state index < -0.39 is 6.10 Å². The van der Waals surface area contributed by atoms with E-state index in [4.69, 9.17) is 33.7 Å². The second-order valence-electron chi connectivity index (χ2n) is 4.06. The molecule has 19 heavy (non-hydrogen) atoms. The monoisotopic (exact) mass is 297 g/mol. The van der Waals surface area contributed by atoms with Gasteiger partial charge in [0, 0.05) is 21.3 Å². The fourth-order valence-corrected chi connectivity index (χ4v) is 2.20. The minimum atomic E-state index is -0.807. The van der Waals surface area contributed by atoms with E-state index in [9.17, 15) is 5.11 Å². The van der Waals surface area contributed by atoms with Crippen LogP contribution in [-0.4, -0.2) is 11.7 Å². The fraction of sp³-hybridized carbons (Fsp3) is 0.143. The Kier molecular flexibility index (Phi) is 4.53. The summed E-state index contributed by atoms with van der Waals surface area (Å²) in [6.45, 7) is 0.0743. The number of para-hydroxylation sites is 1. The summed E-state index contributed by atoms with van der Waals surface area (Å²) in [5.74, 6) is 0.506. The zero-order chi connectivity index (χ0) is 13.8. The molecule has 1 unspecified atom stereocenters. The van der Waals surface area contributed by atoms with Gasteiger partial charge in [0.15, 0.2) is 0 Å². The van der Waals surface area contributed by atoms with Gasteiger partial charge in [-0.15, -0.1) is 0 Å². The molecule has 2 aromatic carbocycles. The SMILES string of the molecule is Nc1ccccc1C(O)COc1cc(Cl)cc(Cl)c1. The number of benzene rings is 2. The Bertz CT molecular complexity index is 555. The highest BCUT2D eigenvalue weighted by atomic mass is 35.5. The highest BCUT2D eigenvalue weighted by Crippen LogP contribution is 2.26. The zero-order valence-electron chi connectivity index (χ0n) is 10.0. The van der Waals surface area contributed by atoms with Crippen LogP contribution < -0.4 is 10.5 Å². The summed E-state index contributed by atoms with van der Waals surface area (Å²) in [5, 5.41) is 11.0. The number of aliphatic hydroxyl groups is 1. The van der Waals surface area contributed by atoms with Crippen LogP contribution in [0.1, 0.15) is 11.7 Å². The van der Waals surface area contributed by atoms with Crippen molar-refractivity contribution < 1.29 is 9.84 Å². The lowest BCUT2D eigenvalue weighted by atomic mass is 10.1. The molecule has 3 N–H and O–H groups in total. The number of rotatable bonds is 4. The van der Waals surface area contributed by atoms with Gasteiger partial charge in [-0.1, -0.05) is 41.4 Å². The molecule has 100 valence electrons. The first-order valence-electron chi connectivity index (χ1n) is 5.67. The maximum absolute atomic E-state index is 10.0. The van der Waals surface area contributed by atoms with Gasteiger partial charge >= 0.3 is 0 Å². The second-order valence-corrected chi connectivity index (χ2v) is 4.93. The average Bonchev–Trinajstić information content (AvgIpc) is 2.35. The third-order valence-corrected chi connectivity index (χ3v) is 3.04. The Morgan fingerprint density at radius 3 is 2.37 bits per heavy atom. The lowest BCUT2D eigenvalue weighted by Gasteiger charge is -2.14. The minimum Gasteiger partial charge on any atom is -0.490 e. The Labute approximate surface area is 121 Å². The Morgan fingerprint density at radius 1 is 1.11 bits per heavy atom. The Hall–Kier alpha value is -1.42. The van der Waals surface area contributed by atoms with Crippen LogP contribution in [-0.2, 0) is 0 Å². The number of nitrogen functional groups attached to an aromatic ring is 1. The summed E-state index contributed by atoms with van der Waals surface area (Å²) >= 11 is 11.7. The van der Waals surface area contributed by atoms with Gasteiger partial charge in [0.2, 0.25) is 0 Å². The van der Waals surface area contributed by atoms with Crippen LogP contribution in [0.2, 0.25) is 10.0 Å². The van der Waals surface area contributed by atoms with Gasteiger partial charge in [-0.05, 0) is 24.3 Å². The molecule has 5 heteroatoms. The lowest BCUT2D eigenvalue weighted by molar-refractivity contribution is 0.109. The Morgan fingerprint density at radius 2 is 1.74 bits per heavy atom. The maximum Gasteiger partial charge on any atom is 0.122 e. The van der Waals surface area contributed by atoms with Crippen molar-refractivity contribution in [2.75, 3.05) is 12.3 Å². The zero-order valence-corrected chi connectivity index (χ0v) is 11.5. The van der Waals surface area contributed by atoms with Gasteiger partial charge in [0.25, 0.3) is 0 Å². The van der Waals surface area contributed by atoms with E-state index in [2.05, 4.69) is 0 Å². The van der Waals surface area contributed by atoms with Crippen LogP contribution in [0.3, 0.4) is 0 Å². The number of ether oxygens (including phenoxy) is 1. The molecular weight excluding hydrogens is 285 g/mol. The lowest BCUT2D eigenvalue weighted by Crippen LogP contribution is -2.11. The molecule has 0 aromatic heterocycles. The number of hydrogen-bond donors (Lipinski definition) is 2. The molecule has 0 fully saturated rings. The van der Waals surface area contributed by atoms with Crippen LogP contribution >= 0.6 is 23.2 Å². The predicted molar refractivity (Wildman–Crippen MR) is 77.8 cm³/mol. The van der Waals surface area contributed by atoms with Gasteiger partial charge in [-0.25, -0.2) is 0 Å². The molecule has 2 aromatic rings. The summed E-state index contributed by atoms with van der Waals surface area (Å²) in [4.78, 5) is 0. The average molecular weight is 298 g/mol.